The lowest BCUT2D eigenvalue weighted by Crippen LogP contribution is -2.48. The number of hydrogen-bond acceptors (Lipinski definition) is 4. The molecule has 0 aliphatic rings. The molecule has 0 radical (unpaired) electrons. The first-order valence-corrected chi connectivity index (χ1v) is 12.2. The van der Waals surface area contributed by atoms with E-state index in [4.69, 9.17) is 34.8 Å². The van der Waals surface area contributed by atoms with E-state index in [1.165, 1.54) is 55.9 Å². The van der Waals surface area contributed by atoms with Gasteiger partial charge in [0.2, 0.25) is 5.91 Å². The van der Waals surface area contributed by atoms with Crippen LogP contribution in [0.2, 0.25) is 15.1 Å². The second kappa shape index (κ2) is 9.88. The molecule has 29 heavy (non-hydrogen) atoms. The summed E-state index contributed by atoms with van der Waals surface area (Å²) in [5.74, 6) is -0.234. The molecule has 0 aliphatic heterocycles. The van der Waals surface area contributed by atoms with Crippen LogP contribution in [0.4, 0.5) is 4.39 Å². The zero-order chi connectivity index (χ0) is 21.8. The molecule has 0 spiro atoms. The van der Waals surface area contributed by atoms with Crippen LogP contribution in [0.5, 0.6) is 0 Å². The van der Waals surface area contributed by atoms with Crippen molar-refractivity contribution in [3.8, 4) is 0 Å². The van der Waals surface area contributed by atoms with Gasteiger partial charge in [0.05, 0.1) is 14.9 Å². The zero-order valence-corrected chi connectivity index (χ0v) is 19.5. The van der Waals surface area contributed by atoms with Crippen LogP contribution in [0.25, 0.3) is 0 Å². The van der Waals surface area contributed by atoms with E-state index in [1.54, 1.807) is 6.07 Å². The molecule has 2 rings (SSSR count). The molecule has 0 fully saturated rings. The molecule has 0 atom stereocenters. The van der Waals surface area contributed by atoms with E-state index in [9.17, 15) is 17.6 Å². The van der Waals surface area contributed by atoms with Crippen LogP contribution in [0.3, 0.4) is 0 Å². The number of benzene rings is 2. The predicted molar refractivity (Wildman–Crippen MR) is 118 cm³/mol. The first kappa shape index (κ1) is 24.3. The summed E-state index contributed by atoms with van der Waals surface area (Å²) in [5, 5.41) is 3.27. The van der Waals surface area contributed by atoms with Gasteiger partial charge in [-0.2, -0.15) is 11.8 Å². The smallest absolute Gasteiger partial charge is 0.241 e. The van der Waals surface area contributed by atoms with E-state index in [-0.39, 0.29) is 27.3 Å². The van der Waals surface area contributed by atoms with Crippen molar-refractivity contribution in [1.82, 2.24) is 5.32 Å². The van der Waals surface area contributed by atoms with E-state index in [1.807, 2.05) is 0 Å². The largest absolute Gasteiger partial charge is 0.354 e. The summed E-state index contributed by atoms with van der Waals surface area (Å²) >= 11 is 19.1. The lowest BCUT2D eigenvalue weighted by molar-refractivity contribution is -0.122. The number of carbonyl (C=O) groups is 1. The molecule has 2 aromatic carbocycles. The highest BCUT2D eigenvalue weighted by molar-refractivity contribution is 7.98. The highest BCUT2D eigenvalue weighted by atomic mass is 35.5. The molecule has 0 aliphatic carbocycles. The van der Waals surface area contributed by atoms with Crippen LogP contribution in [-0.2, 0) is 20.4 Å². The van der Waals surface area contributed by atoms with Gasteiger partial charge in [0.25, 0.3) is 0 Å². The molecule has 0 heterocycles. The average Bonchev–Trinajstić information content (AvgIpc) is 2.65. The zero-order valence-electron chi connectivity index (χ0n) is 15.6. The summed E-state index contributed by atoms with van der Waals surface area (Å²) in [6.07, 6.45) is 0. The van der Waals surface area contributed by atoms with Crippen molar-refractivity contribution in [3.05, 3.63) is 62.8 Å². The van der Waals surface area contributed by atoms with Gasteiger partial charge >= 0.3 is 0 Å². The van der Waals surface area contributed by atoms with Gasteiger partial charge < -0.3 is 5.32 Å². The number of sulfone groups is 1. The molecule has 10 heteroatoms. The number of carbonyl (C=O) groups excluding carboxylic acids is 1. The van der Waals surface area contributed by atoms with Gasteiger partial charge in [-0.05, 0) is 44.2 Å². The summed E-state index contributed by atoms with van der Waals surface area (Å²) in [6, 6.07) is 8.38. The molecule has 2 aromatic rings. The second-order valence-corrected chi connectivity index (χ2v) is 11.4. The Morgan fingerprint density at radius 3 is 2.41 bits per heavy atom. The van der Waals surface area contributed by atoms with E-state index in [0.717, 1.165) is 0 Å². The first-order chi connectivity index (χ1) is 13.5. The van der Waals surface area contributed by atoms with Crippen LogP contribution in [0.1, 0.15) is 19.4 Å². The number of rotatable bonds is 8. The third-order valence-electron chi connectivity index (χ3n) is 4.26. The Balaban J connectivity index is 1.95. The molecule has 158 valence electrons. The summed E-state index contributed by atoms with van der Waals surface area (Å²) in [5.41, 5.74) is 0.396. The van der Waals surface area contributed by atoms with E-state index < -0.39 is 20.5 Å². The van der Waals surface area contributed by atoms with Gasteiger partial charge in [-0.25, -0.2) is 12.8 Å². The highest BCUT2D eigenvalue weighted by Gasteiger charge is 2.42. The molecular formula is C19H19Cl3FNO3S2. The first-order valence-electron chi connectivity index (χ1n) is 8.47. The van der Waals surface area contributed by atoms with Crippen LogP contribution < -0.4 is 5.32 Å². The quantitative estimate of drug-likeness (QED) is 0.496. The topological polar surface area (TPSA) is 63.2 Å². The number of amides is 1. The summed E-state index contributed by atoms with van der Waals surface area (Å²) < 4.78 is 37.8. The monoisotopic (exact) mass is 497 g/mol. The Morgan fingerprint density at radius 2 is 1.79 bits per heavy atom. The Bertz CT molecular complexity index is 994. The number of nitrogens with one attached hydrogen (secondary N) is 1. The second-order valence-electron chi connectivity index (χ2n) is 6.60. The maximum Gasteiger partial charge on any atom is 0.241 e. The Labute approximate surface area is 189 Å². The van der Waals surface area contributed by atoms with Gasteiger partial charge in [-0.15, -0.1) is 0 Å². The molecule has 0 bridgehead atoms. The summed E-state index contributed by atoms with van der Waals surface area (Å²) in [4.78, 5) is 12.5. The van der Waals surface area contributed by atoms with Crippen molar-refractivity contribution in [2.75, 3.05) is 12.3 Å². The number of thioether (sulfide) groups is 1. The van der Waals surface area contributed by atoms with Crippen molar-refractivity contribution in [3.63, 3.8) is 0 Å². The molecule has 1 N–H and O–H groups in total. The fourth-order valence-corrected chi connectivity index (χ4v) is 5.34. The maximum atomic E-state index is 13.7. The van der Waals surface area contributed by atoms with E-state index in [2.05, 4.69) is 5.32 Å². The van der Waals surface area contributed by atoms with Crippen LogP contribution in [0, 0.1) is 5.82 Å². The Morgan fingerprint density at radius 1 is 1.10 bits per heavy atom. The molecule has 4 nitrogen and oxygen atoms in total. The minimum Gasteiger partial charge on any atom is -0.354 e. The Hall–Kier alpha value is -0.990. The molecule has 0 saturated heterocycles. The van der Waals surface area contributed by atoms with Gasteiger partial charge in [0.1, 0.15) is 10.6 Å². The van der Waals surface area contributed by atoms with Crippen LogP contribution in [0.15, 0.2) is 41.3 Å². The lowest BCUT2D eigenvalue weighted by atomic mass is 10.2. The third-order valence-corrected chi connectivity index (χ3v) is 8.74. The SMILES string of the molecule is CC(C)(C(=O)NCCSCc1c(F)cccc1Cl)S(=O)(=O)c1ccc(Cl)c(Cl)c1. The Kier molecular flexibility index (Phi) is 8.27. The fraction of sp³-hybridized carbons (Fsp3) is 0.316. The molecule has 1 amide bonds. The lowest BCUT2D eigenvalue weighted by Gasteiger charge is -2.24. The van der Waals surface area contributed by atoms with Gasteiger partial charge in [-0.3, -0.25) is 4.79 Å². The predicted octanol–water partition coefficient (Wildman–Crippen LogP) is 5.39. The molecule has 0 aromatic heterocycles. The number of hydrogen-bond donors (Lipinski definition) is 1. The molecule has 0 saturated carbocycles. The fourth-order valence-electron chi connectivity index (χ4n) is 2.35. The maximum absolute atomic E-state index is 13.7. The van der Waals surface area contributed by atoms with Gasteiger partial charge in [-0.1, -0.05) is 40.9 Å². The van der Waals surface area contributed by atoms with Gasteiger partial charge in [0.15, 0.2) is 9.84 Å². The average molecular weight is 499 g/mol. The van der Waals surface area contributed by atoms with E-state index in [0.29, 0.717) is 22.1 Å². The number of halogens is 4. The van der Waals surface area contributed by atoms with Crippen LogP contribution in [-0.4, -0.2) is 31.4 Å². The van der Waals surface area contributed by atoms with Crippen molar-refractivity contribution >= 4 is 62.3 Å². The molecule has 0 unspecified atom stereocenters. The summed E-state index contributed by atoms with van der Waals surface area (Å²) in [6.45, 7) is 2.87. The van der Waals surface area contributed by atoms with Crippen molar-refractivity contribution in [2.45, 2.75) is 29.2 Å². The standard InChI is InChI=1S/C19H19Cl3FNO3S2/c1-19(2,29(26,27)12-6-7-15(21)16(22)10-12)18(25)24-8-9-28-11-13-14(20)4-3-5-17(13)23/h3-7,10H,8-9,11H2,1-2H3,(H,24,25). The van der Waals surface area contributed by atoms with Crippen molar-refractivity contribution < 1.29 is 17.6 Å². The minimum atomic E-state index is -4.00. The molecular weight excluding hydrogens is 480 g/mol. The van der Waals surface area contributed by atoms with Crippen LogP contribution >= 0.6 is 46.6 Å². The van der Waals surface area contributed by atoms with E-state index >= 15 is 0 Å². The highest BCUT2D eigenvalue weighted by Crippen LogP contribution is 2.31. The third kappa shape index (κ3) is 5.58. The normalized spacial score (nSPS) is 12.1. The van der Waals surface area contributed by atoms with Crippen molar-refractivity contribution in [1.29, 1.82) is 0 Å². The van der Waals surface area contributed by atoms with Crippen molar-refractivity contribution in [2.24, 2.45) is 0 Å². The minimum absolute atomic E-state index is 0.0874. The van der Waals surface area contributed by atoms with Gasteiger partial charge in [0, 0.05) is 28.6 Å². The summed E-state index contributed by atoms with van der Waals surface area (Å²) in [7, 11) is -4.00.